The van der Waals surface area contributed by atoms with Gasteiger partial charge in [-0.25, -0.2) is 0 Å². The molecule has 1 aromatic heterocycles. The minimum Gasteiger partial charge on any atom is -0.488 e. The summed E-state index contributed by atoms with van der Waals surface area (Å²) in [4.78, 5) is 13.6. The van der Waals surface area contributed by atoms with E-state index in [0.717, 1.165) is 10.6 Å². The smallest absolute Gasteiger partial charge is 0.305 e. The molecule has 3 aromatic rings. The van der Waals surface area contributed by atoms with Crippen LogP contribution in [0.3, 0.4) is 0 Å². The third-order valence-electron chi connectivity index (χ3n) is 4.51. The fourth-order valence-electron chi connectivity index (χ4n) is 3.13. The summed E-state index contributed by atoms with van der Waals surface area (Å²) < 4.78 is 10.7. The van der Waals surface area contributed by atoms with Crippen LogP contribution in [-0.4, -0.2) is 13.1 Å². The van der Waals surface area contributed by atoms with Gasteiger partial charge in [0.1, 0.15) is 12.4 Å². The van der Waals surface area contributed by atoms with Crippen LogP contribution < -0.4 is 4.74 Å². The number of benzene rings is 2. The zero-order valence-electron chi connectivity index (χ0n) is 16.0. The minimum absolute atomic E-state index is 0.176. The quantitative estimate of drug-likeness (QED) is 0.492. The van der Waals surface area contributed by atoms with E-state index in [4.69, 9.17) is 4.74 Å². The summed E-state index contributed by atoms with van der Waals surface area (Å²) >= 11 is 1.68. The van der Waals surface area contributed by atoms with Crippen molar-refractivity contribution in [2.45, 2.75) is 33.3 Å². The Morgan fingerprint density at radius 2 is 1.67 bits per heavy atom. The van der Waals surface area contributed by atoms with Gasteiger partial charge in [-0.1, -0.05) is 30.3 Å². The van der Waals surface area contributed by atoms with E-state index in [1.807, 2.05) is 12.1 Å². The molecule has 0 amide bonds. The lowest BCUT2D eigenvalue weighted by molar-refractivity contribution is -0.140. The highest BCUT2D eigenvalue weighted by atomic mass is 32.1. The minimum atomic E-state index is -0.176. The number of hydrogen-bond acceptors (Lipinski definition) is 4. The zero-order valence-corrected chi connectivity index (χ0v) is 16.8. The van der Waals surface area contributed by atoms with Crippen molar-refractivity contribution in [3.63, 3.8) is 0 Å². The van der Waals surface area contributed by atoms with E-state index in [1.54, 1.807) is 11.3 Å². The molecule has 0 saturated carbocycles. The number of rotatable bonds is 7. The molecule has 140 valence electrons. The Kier molecular flexibility index (Phi) is 6.30. The van der Waals surface area contributed by atoms with Gasteiger partial charge in [0.15, 0.2) is 0 Å². The normalized spacial score (nSPS) is 10.6. The van der Waals surface area contributed by atoms with Gasteiger partial charge in [0.2, 0.25) is 0 Å². The highest BCUT2D eigenvalue weighted by molar-refractivity contribution is 7.11. The molecule has 0 aliphatic heterocycles. The van der Waals surface area contributed by atoms with E-state index in [-0.39, 0.29) is 5.97 Å². The molecule has 3 nitrogen and oxygen atoms in total. The van der Waals surface area contributed by atoms with Crippen LogP contribution in [0.15, 0.2) is 54.6 Å². The molecule has 3 rings (SSSR count). The molecule has 0 unspecified atom stereocenters. The van der Waals surface area contributed by atoms with Crippen molar-refractivity contribution in [2.75, 3.05) is 7.11 Å². The average molecular weight is 381 g/mol. The van der Waals surface area contributed by atoms with Crippen LogP contribution in [0.4, 0.5) is 0 Å². The maximum absolute atomic E-state index is 11.3. The standard InChI is InChI=1S/C23H24O3S/c1-16-6-4-7-17(2)23(16)18-8-5-9-19(14-18)26-15-21-11-10-20(27-21)12-13-22(24)25-3/h4-11,14H,12-13,15H2,1-3H3. The number of thiophene rings is 1. The molecule has 1 heterocycles. The van der Waals surface area contributed by atoms with Crippen LogP contribution in [0.5, 0.6) is 5.75 Å². The van der Waals surface area contributed by atoms with Gasteiger partial charge in [-0.05, 0) is 66.8 Å². The lowest BCUT2D eigenvalue weighted by Gasteiger charge is -2.12. The van der Waals surface area contributed by atoms with Crippen molar-refractivity contribution in [3.05, 3.63) is 75.5 Å². The Balaban J connectivity index is 1.66. The number of methoxy groups -OCH3 is 1. The predicted molar refractivity (Wildman–Crippen MR) is 110 cm³/mol. The molecule has 27 heavy (non-hydrogen) atoms. The molecule has 0 saturated heterocycles. The second-order valence-electron chi connectivity index (χ2n) is 6.53. The molecular formula is C23H24O3S. The summed E-state index contributed by atoms with van der Waals surface area (Å²) in [7, 11) is 1.42. The van der Waals surface area contributed by atoms with Crippen molar-refractivity contribution in [2.24, 2.45) is 0 Å². The number of aryl methyl sites for hydroxylation is 3. The summed E-state index contributed by atoms with van der Waals surface area (Å²) in [5, 5.41) is 0. The zero-order chi connectivity index (χ0) is 19.2. The van der Waals surface area contributed by atoms with E-state index in [2.05, 4.69) is 61.0 Å². The van der Waals surface area contributed by atoms with Crippen molar-refractivity contribution in [1.29, 1.82) is 0 Å². The fourth-order valence-corrected chi connectivity index (χ4v) is 4.06. The van der Waals surface area contributed by atoms with Gasteiger partial charge in [-0.2, -0.15) is 0 Å². The molecular weight excluding hydrogens is 356 g/mol. The third kappa shape index (κ3) is 4.98. The fraction of sp³-hybridized carbons (Fsp3) is 0.261. The monoisotopic (exact) mass is 380 g/mol. The number of carbonyl (C=O) groups is 1. The van der Waals surface area contributed by atoms with Crippen LogP contribution in [-0.2, 0) is 22.6 Å². The molecule has 0 fully saturated rings. The van der Waals surface area contributed by atoms with Gasteiger partial charge in [0.05, 0.1) is 13.5 Å². The largest absolute Gasteiger partial charge is 0.488 e. The maximum Gasteiger partial charge on any atom is 0.305 e. The summed E-state index contributed by atoms with van der Waals surface area (Å²) in [5.41, 5.74) is 4.97. The lowest BCUT2D eigenvalue weighted by Crippen LogP contribution is -2.00. The maximum atomic E-state index is 11.3. The summed E-state index contributed by atoms with van der Waals surface area (Å²) in [6.07, 6.45) is 1.12. The van der Waals surface area contributed by atoms with E-state index in [0.29, 0.717) is 19.4 Å². The average Bonchev–Trinajstić information content (AvgIpc) is 3.12. The molecule has 0 spiro atoms. The molecule has 0 aliphatic rings. The molecule has 0 radical (unpaired) electrons. The number of carbonyl (C=O) groups excluding carboxylic acids is 1. The Bertz CT molecular complexity index is 907. The first-order chi connectivity index (χ1) is 13.1. The van der Waals surface area contributed by atoms with Crippen molar-refractivity contribution in [1.82, 2.24) is 0 Å². The second-order valence-corrected chi connectivity index (χ2v) is 7.78. The lowest BCUT2D eigenvalue weighted by atomic mass is 9.96. The highest BCUT2D eigenvalue weighted by Gasteiger charge is 2.08. The Morgan fingerprint density at radius 1 is 0.963 bits per heavy atom. The van der Waals surface area contributed by atoms with Gasteiger partial charge in [-0.15, -0.1) is 11.3 Å². The molecule has 0 aliphatic carbocycles. The second kappa shape index (κ2) is 8.87. The van der Waals surface area contributed by atoms with Gasteiger partial charge in [0, 0.05) is 9.75 Å². The molecule has 0 bridgehead atoms. The molecule has 0 atom stereocenters. The number of ether oxygens (including phenoxy) is 2. The summed E-state index contributed by atoms with van der Waals surface area (Å²) in [6, 6.07) is 18.7. The molecule has 0 N–H and O–H groups in total. The van der Waals surface area contributed by atoms with Crippen LogP contribution in [0.25, 0.3) is 11.1 Å². The van der Waals surface area contributed by atoms with Crippen LogP contribution in [0.2, 0.25) is 0 Å². The van der Waals surface area contributed by atoms with E-state index in [9.17, 15) is 4.79 Å². The topological polar surface area (TPSA) is 35.5 Å². The number of esters is 1. The highest BCUT2D eigenvalue weighted by Crippen LogP contribution is 2.30. The Morgan fingerprint density at radius 3 is 2.41 bits per heavy atom. The first-order valence-electron chi connectivity index (χ1n) is 9.00. The Hall–Kier alpha value is -2.59. The first kappa shape index (κ1) is 19.2. The van der Waals surface area contributed by atoms with Crippen molar-refractivity contribution in [3.8, 4) is 16.9 Å². The number of hydrogen-bond donors (Lipinski definition) is 0. The van der Waals surface area contributed by atoms with Crippen LogP contribution >= 0.6 is 11.3 Å². The summed E-state index contributed by atoms with van der Waals surface area (Å²) in [6.45, 7) is 4.80. The molecule has 2 aromatic carbocycles. The van der Waals surface area contributed by atoms with Gasteiger partial charge >= 0.3 is 5.97 Å². The SMILES string of the molecule is COC(=O)CCc1ccc(COc2cccc(-c3c(C)cccc3C)c2)s1. The van der Waals surface area contributed by atoms with Crippen LogP contribution in [0, 0.1) is 13.8 Å². The summed E-state index contributed by atoms with van der Waals surface area (Å²) in [5.74, 6) is 0.684. The molecule has 4 heteroatoms. The van der Waals surface area contributed by atoms with E-state index in [1.165, 1.54) is 34.2 Å². The van der Waals surface area contributed by atoms with Crippen molar-refractivity contribution < 1.29 is 14.3 Å². The van der Waals surface area contributed by atoms with Gasteiger partial charge in [0.25, 0.3) is 0 Å². The first-order valence-corrected chi connectivity index (χ1v) is 9.82. The van der Waals surface area contributed by atoms with Gasteiger partial charge in [-0.3, -0.25) is 4.79 Å². The predicted octanol–water partition coefficient (Wildman–Crippen LogP) is 5.72. The van der Waals surface area contributed by atoms with Crippen LogP contribution in [0.1, 0.15) is 27.3 Å². The Labute approximate surface area is 164 Å². The van der Waals surface area contributed by atoms with Gasteiger partial charge < -0.3 is 9.47 Å². The van der Waals surface area contributed by atoms with Crippen molar-refractivity contribution >= 4 is 17.3 Å². The van der Waals surface area contributed by atoms with E-state index >= 15 is 0 Å². The van der Waals surface area contributed by atoms with E-state index < -0.39 is 0 Å². The third-order valence-corrected chi connectivity index (χ3v) is 5.62.